The van der Waals surface area contributed by atoms with Gasteiger partial charge in [0, 0.05) is 52.5 Å². The number of aryl methyl sites for hydroxylation is 1. The molecule has 0 saturated carbocycles. The van der Waals surface area contributed by atoms with Gasteiger partial charge in [0.1, 0.15) is 18.1 Å². The van der Waals surface area contributed by atoms with Gasteiger partial charge >= 0.3 is 0 Å². The first-order chi connectivity index (χ1) is 26.1. The van der Waals surface area contributed by atoms with Gasteiger partial charge in [0.05, 0.1) is 65.4 Å². The maximum Gasteiger partial charge on any atom is 0.188 e. The van der Waals surface area contributed by atoms with E-state index >= 15 is 0 Å². The van der Waals surface area contributed by atoms with Crippen molar-refractivity contribution >= 4 is 34.9 Å². The van der Waals surface area contributed by atoms with Crippen LogP contribution in [0.1, 0.15) is 29.7 Å². The van der Waals surface area contributed by atoms with Crippen molar-refractivity contribution < 1.29 is 42.9 Å². The molecule has 2 aliphatic rings. The molecule has 0 unspecified atom stereocenters. The summed E-state index contributed by atoms with van der Waals surface area (Å²) in [5.74, 6) is 2.13. The Balaban J connectivity index is 0.00000290. The van der Waals surface area contributed by atoms with Crippen LogP contribution in [0, 0.1) is 6.92 Å². The molecule has 0 amide bonds. The number of quaternary nitrogens is 2. The number of hydrogen-bond donors (Lipinski definition) is 0. The summed E-state index contributed by atoms with van der Waals surface area (Å²) in [5.41, 5.74) is 6.66. The van der Waals surface area contributed by atoms with Gasteiger partial charge in [-0.2, -0.15) is 0 Å². The summed E-state index contributed by atoms with van der Waals surface area (Å²) in [5, 5.41) is 2.05. The average Bonchev–Trinajstić information content (AvgIpc) is 3.20. The van der Waals surface area contributed by atoms with Gasteiger partial charge in [0.25, 0.3) is 0 Å². The van der Waals surface area contributed by atoms with E-state index in [4.69, 9.17) is 9.97 Å². The van der Waals surface area contributed by atoms with E-state index in [2.05, 4.69) is 144 Å². The predicted molar refractivity (Wildman–Crippen MR) is 225 cm³/mol. The van der Waals surface area contributed by atoms with Crippen LogP contribution in [0.3, 0.4) is 0 Å². The van der Waals surface area contributed by atoms with Crippen molar-refractivity contribution in [1.82, 2.24) is 9.97 Å². The number of para-hydroxylation sites is 2. The number of piperazine rings is 2. The van der Waals surface area contributed by atoms with E-state index in [9.17, 15) is 0 Å². The standard InChI is InChI=1S/C45H56N6S2.2BrH/c1-39-36-44(52-34-14-28-50(37-40-16-6-2-7-17-40)30-24-48(25-31-50)42-20-10-4-11-21-42)47-45(46-39)53-35-15-29-51(38-41-18-8-3-9-19-41)32-26-49(27-33-51)43-22-12-5-13-23-43;;/h2-13,16-23,36H,14-15,24-35,37-38H2,1H3;2*1H/q+2;;/p-2. The Morgan fingerprint density at radius 2 is 0.927 bits per heavy atom. The first-order valence-electron chi connectivity index (χ1n) is 19.5. The van der Waals surface area contributed by atoms with Gasteiger partial charge < -0.3 is 52.7 Å². The molecule has 0 atom stereocenters. The molecule has 2 saturated heterocycles. The fourth-order valence-electron chi connectivity index (χ4n) is 8.23. The third kappa shape index (κ3) is 12.6. The lowest BCUT2D eigenvalue weighted by atomic mass is 10.1. The fraction of sp³-hybridized carbons (Fsp3) is 0.378. The van der Waals surface area contributed by atoms with Crippen molar-refractivity contribution in [1.29, 1.82) is 0 Å². The van der Waals surface area contributed by atoms with Crippen molar-refractivity contribution in [2.45, 2.75) is 43.0 Å². The highest BCUT2D eigenvalue weighted by molar-refractivity contribution is 7.99. The molecule has 3 heterocycles. The van der Waals surface area contributed by atoms with Crippen LogP contribution in [0.4, 0.5) is 11.4 Å². The lowest BCUT2D eigenvalue weighted by Gasteiger charge is -2.46. The monoisotopic (exact) mass is 902 g/mol. The molecule has 6 nitrogen and oxygen atoms in total. The number of anilines is 2. The summed E-state index contributed by atoms with van der Waals surface area (Å²) in [6.45, 7) is 15.8. The predicted octanol–water partition coefficient (Wildman–Crippen LogP) is 2.83. The van der Waals surface area contributed by atoms with Gasteiger partial charge in [-0.15, -0.1) is 11.8 Å². The highest BCUT2D eigenvalue weighted by Crippen LogP contribution is 2.28. The summed E-state index contributed by atoms with van der Waals surface area (Å²) >= 11 is 3.74. The highest BCUT2D eigenvalue weighted by Gasteiger charge is 2.34. The topological polar surface area (TPSA) is 32.3 Å². The van der Waals surface area contributed by atoms with Crippen molar-refractivity contribution in [3.05, 3.63) is 144 Å². The SMILES string of the molecule is Cc1cc(SCCC[N+]2(Cc3ccccc3)CCN(c3ccccc3)CC2)nc(SCCC[N+]2(Cc3ccccc3)CCN(c3ccccc3)CC2)n1.[Br-].[Br-]. The first kappa shape index (κ1) is 43.3. The minimum Gasteiger partial charge on any atom is -1.00 e. The summed E-state index contributed by atoms with van der Waals surface area (Å²) in [6.07, 6.45) is 2.34. The largest absolute Gasteiger partial charge is 1.00 e. The number of aromatic nitrogens is 2. The van der Waals surface area contributed by atoms with Gasteiger partial charge in [0.15, 0.2) is 5.16 Å². The molecule has 292 valence electrons. The Bertz CT molecular complexity index is 1690. The Labute approximate surface area is 359 Å². The van der Waals surface area contributed by atoms with Gasteiger partial charge in [-0.3, -0.25) is 0 Å². The van der Waals surface area contributed by atoms with E-state index < -0.39 is 0 Å². The summed E-state index contributed by atoms with van der Waals surface area (Å²) < 4.78 is 2.31. The molecule has 0 spiro atoms. The average molecular weight is 905 g/mol. The van der Waals surface area contributed by atoms with Crippen LogP contribution >= 0.6 is 23.5 Å². The second-order valence-corrected chi connectivity index (χ2v) is 17.2. The van der Waals surface area contributed by atoms with Crippen LogP contribution in [0.2, 0.25) is 0 Å². The molecule has 10 heteroatoms. The number of hydrogen-bond acceptors (Lipinski definition) is 6. The van der Waals surface area contributed by atoms with E-state index in [0.717, 1.165) is 82.0 Å². The Hall–Kier alpha value is -2.86. The van der Waals surface area contributed by atoms with Crippen molar-refractivity contribution in [3.63, 3.8) is 0 Å². The molecule has 4 aromatic carbocycles. The molecule has 7 rings (SSSR count). The summed E-state index contributed by atoms with van der Waals surface area (Å²) in [7, 11) is 0. The quantitative estimate of drug-likeness (QED) is 0.0499. The van der Waals surface area contributed by atoms with Gasteiger partial charge in [-0.25, -0.2) is 9.97 Å². The fourth-order valence-corrected chi connectivity index (χ4v) is 10.0. The Morgan fingerprint density at radius 3 is 1.36 bits per heavy atom. The number of thioether (sulfide) groups is 2. The van der Waals surface area contributed by atoms with E-state index in [1.165, 1.54) is 68.2 Å². The molecule has 55 heavy (non-hydrogen) atoms. The van der Waals surface area contributed by atoms with Crippen LogP contribution < -0.4 is 43.8 Å². The smallest absolute Gasteiger partial charge is 0.188 e. The minimum atomic E-state index is 0. The maximum atomic E-state index is 5.05. The van der Waals surface area contributed by atoms with E-state index in [-0.39, 0.29) is 34.0 Å². The van der Waals surface area contributed by atoms with E-state index in [1.807, 2.05) is 23.5 Å². The van der Waals surface area contributed by atoms with Gasteiger partial charge in [-0.05, 0) is 37.3 Å². The van der Waals surface area contributed by atoms with Crippen LogP contribution in [-0.2, 0) is 13.1 Å². The van der Waals surface area contributed by atoms with E-state index in [0.29, 0.717) is 0 Å². The zero-order valence-corrected chi connectivity index (χ0v) is 37.0. The number of benzene rings is 4. The van der Waals surface area contributed by atoms with E-state index in [1.54, 1.807) is 0 Å². The molecule has 0 bridgehead atoms. The molecule has 2 fully saturated rings. The molecule has 0 aliphatic carbocycles. The van der Waals surface area contributed by atoms with Crippen LogP contribution in [0.25, 0.3) is 0 Å². The Kier molecular flexibility index (Phi) is 17.0. The molecule has 0 N–H and O–H groups in total. The van der Waals surface area contributed by atoms with Crippen LogP contribution in [0.5, 0.6) is 0 Å². The summed E-state index contributed by atoms with van der Waals surface area (Å²) in [6, 6.07) is 46.2. The molecule has 0 radical (unpaired) electrons. The van der Waals surface area contributed by atoms with Crippen molar-refractivity contribution in [2.75, 3.05) is 86.8 Å². The van der Waals surface area contributed by atoms with Crippen LogP contribution in [0.15, 0.2) is 138 Å². The molecule has 2 aliphatic heterocycles. The zero-order chi connectivity index (χ0) is 36.2. The third-order valence-corrected chi connectivity index (χ3v) is 13.1. The Morgan fingerprint density at radius 1 is 0.527 bits per heavy atom. The summed E-state index contributed by atoms with van der Waals surface area (Å²) in [4.78, 5) is 15.0. The second-order valence-electron chi connectivity index (χ2n) is 15.0. The third-order valence-electron chi connectivity index (χ3n) is 11.2. The maximum absolute atomic E-state index is 5.05. The van der Waals surface area contributed by atoms with Crippen molar-refractivity contribution in [2.24, 2.45) is 0 Å². The number of rotatable bonds is 16. The minimum absolute atomic E-state index is 0. The molecular formula is C45H56Br2N6S2. The number of nitrogens with zero attached hydrogens (tertiary/aromatic N) is 6. The highest BCUT2D eigenvalue weighted by atomic mass is 79.9. The van der Waals surface area contributed by atoms with Crippen molar-refractivity contribution in [3.8, 4) is 0 Å². The van der Waals surface area contributed by atoms with Gasteiger partial charge in [0.2, 0.25) is 0 Å². The first-order valence-corrected chi connectivity index (χ1v) is 21.5. The second kappa shape index (κ2) is 21.6. The van der Waals surface area contributed by atoms with Crippen LogP contribution in [-0.4, -0.2) is 95.9 Å². The normalized spacial score (nSPS) is 16.2. The lowest BCUT2D eigenvalue weighted by Crippen LogP contribution is -3.00. The molecule has 1 aromatic heterocycles. The zero-order valence-electron chi connectivity index (χ0n) is 32.2. The lowest BCUT2D eigenvalue weighted by molar-refractivity contribution is -0.941. The molecule has 5 aromatic rings. The number of halogens is 2. The van der Waals surface area contributed by atoms with Gasteiger partial charge in [-0.1, -0.05) is 109 Å². The molecular weight excluding hydrogens is 848 g/mol.